The van der Waals surface area contributed by atoms with Crippen molar-refractivity contribution in [2.45, 2.75) is 19.8 Å². The van der Waals surface area contributed by atoms with E-state index >= 15 is 0 Å². The fourth-order valence-electron chi connectivity index (χ4n) is 1.35. The summed E-state index contributed by atoms with van der Waals surface area (Å²) in [6.45, 7) is 2.00. The van der Waals surface area contributed by atoms with Crippen LogP contribution in [0.3, 0.4) is 0 Å². The van der Waals surface area contributed by atoms with Crippen LogP contribution in [-0.4, -0.2) is 5.33 Å². The van der Waals surface area contributed by atoms with Crippen molar-refractivity contribution in [3.05, 3.63) is 46.3 Å². The van der Waals surface area contributed by atoms with E-state index in [-0.39, 0.29) is 5.82 Å². The fraction of sp³-hybridized carbons (Fsp3) is 0.333. The topological polar surface area (TPSA) is 0 Å². The molecule has 1 aromatic rings. The second kappa shape index (κ2) is 6.29. The van der Waals surface area contributed by atoms with E-state index in [4.69, 9.17) is 11.6 Å². The number of hydrogen-bond acceptors (Lipinski definition) is 0. The molecule has 0 saturated carbocycles. The highest BCUT2D eigenvalue weighted by atomic mass is 79.9. The Bertz CT molecular complexity index is 361. The Hall–Kier alpha value is -0.340. The van der Waals surface area contributed by atoms with Crippen molar-refractivity contribution in [3.63, 3.8) is 0 Å². The molecule has 1 aromatic carbocycles. The van der Waals surface area contributed by atoms with Crippen LogP contribution in [0.4, 0.5) is 4.39 Å². The first kappa shape index (κ1) is 12.7. The first-order valence-corrected chi connectivity index (χ1v) is 6.29. The van der Waals surface area contributed by atoms with Gasteiger partial charge in [0.2, 0.25) is 0 Å². The number of halogens is 3. The van der Waals surface area contributed by atoms with Gasteiger partial charge in [-0.2, -0.15) is 0 Å². The van der Waals surface area contributed by atoms with E-state index in [1.54, 1.807) is 12.1 Å². The molecule has 0 N–H and O–H groups in total. The summed E-state index contributed by atoms with van der Waals surface area (Å²) in [5.74, 6) is -0.189. The SMILES string of the molecule is C/C(=C/CCBr)Cc1cc(Cl)ccc1F. The Balaban J connectivity index is 2.75. The van der Waals surface area contributed by atoms with Crippen LogP contribution < -0.4 is 0 Å². The average molecular weight is 292 g/mol. The summed E-state index contributed by atoms with van der Waals surface area (Å²) in [6, 6.07) is 4.66. The average Bonchev–Trinajstić information content (AvgIpc) is 2.20. The highest BCUT2D eigenvalue weighted by molar-refractivity contribution is 9.09. The van der Waals surface area contributed by atoms with Crippen LogP contribution in [0, 0.1) is 5.82 Å². The van der Waals surface area contributed by atoms with Gasteiger partial charge in [-0.3, -0.25) is 0 Å². The molecular weight excluding hydrogens is 278 g/mol. The van der Waals surface area contributed by atoms with Gasteiger partial charge in [-0.05, 0) is 43.5 Å². The van der Waals surface area contributed by atoms with Gasteiger partial charge < -0.3 is 0 Å². The summed E-state index contributed by atoms with van der Waals surface area (Å²) in [4.78, 5) is 0. The lowest BCUT2D eigenvalue weighted by Crippen LogP contribution is -1.92. The van der Waals surface area contributed by atoms with E-state index in [1.807, 2.05) is 6.92 Å². The maximum Gasteiger partial charge on any atom is 0.126 e. The molecule has 3 heteroatoms. The summed E-state index contributed by atoms with van der Waals surface area (Å²) < 4.78 is 13.4. The van der Waals surface area contributed by atoms with Crippen molar-refractivity contribution in [1.29, 1.82) is 0 Å². The Morgan fingerprint density at radius 2 is 2.27 bits per heavy atom. The highest BCUT2D eigenvalue weighted by Crippen LogP contribution is 2.18. The van der Waals surface area contributed by atoms with Gasteiger partial charge >= 0.3 is 0 Å². The zero-order valence-corrected chi connectivity index (χ0v) is 10.9. The lowest BCUT2D eigenvalue weighted by atomic mass is 10.1. The van der Waals surface area contributed by atoms with Crippen molar-refractivity contribution in [2.24, 2.45) is 0 Å². The van der Waals surface area contributed by atoms with Crippen LogP contribution in [0.5, 0.6) is 0 Å². The molecule has 0 aliphatic carbocycles. The maximum absolute atomic E-state index is 13.4. The van der Waals surface area contributed by atoms with E-state index in [2.05, 4.69) is 22.0 Å². The molecule has 0 fully saturated rings. The number of alkyl halides is 1. The maximum atomic E-state index is 13.4. The zero-order chi connectivity index (χ0) is 11.3. The van der Waals surface area contributed by atoms with Gasteiger partial charge in [-0.1, -0.05) is 39.2 Å². The standard InChI is InChI=1S/C12H13BrClF/c1-9(3-2-6-13)7-10-8-11(14)4-5-12(10)15/h3-5,8H,2,6-7H2,1H3/b9-3-. The molecule has 15 heavy (non-hydrogen) atoms. The predicted octanol–water partition coefficient (Wildman–Crippen LogP) is 4.75. The Kier molecular flexibility index (Phi) is 5.34. The molecule has 0 bridgehead atoms. The second-order valence-electron chi connectivity index (χ2n) is 3.44. The fourth-order valence-corrected chi connectivity index (χ4v) is 1.78. The third-order valence-electron chi connectivity index (χ3n) is 2.08. The quantitative estimate of drug-likeness (QED) is 0.554. The molecule has 0 aromatic heterocycles. The molecule has 0 unspecified atom stereocenters. The zero-order valence-electron chi connectivity index (χ0n) is 8.56. The van der Waals surface area contributed by atoms with Crippen LogP contribution in [0.25, 0.3) is 0 Å². The van der Waals surface area contributed by atoms with Gasteiger partial charge in [-0.15, -0.1) is 0 Å². The Morgan fingerprint density at radius 1 is 1.53 bits per heavy atom. The summed E-state index contributed by atoms with van der Waals surface area (Å²) in [7, 11) is 0. The monoisotopic (exact) mass is 290 g/mol. The summed E-state index contributed by atoms with van der Waals surface area (Å²) >= 11 is 9.16. The number of benzene rings is 1. The van der Waals surface area contributed by atoms with Crippen molar-refractivity contribution >= 4 is 27.5 Å². The van der Waals surface area contributed by atoms with Gasteiger partial charge in [0.1, 0.15) is 5.82 Å². The predicted molar refractivity (Wildman–Crippen MR) is 67.3 cm³/mol. The molecule has 0 saturated heterocycles. The number of hydrogen-bond donors (Lipinski definition) is 0. The molecule has 0 atom stereocenters. The third-order valence-corrected chi connectivity index (χ3v) is 2.77. The molecule has 1 rings (SSSR count). The van der Waals surface area contributed by atoms with Crippen molar-refractivity contribution in [3.8, 4) is 0 Å². The smallest absolute Gasteiger partial charge is 0.126 e. The van der Waals surface area contributed by atoms with E-state index in [0.717, 1.165) is 17.3 Å². The van der Waals surface area contributed by atoms with Gasteiger partial charge in [0.05, 0.1) is 0 Å². The molecule has 0 nitrogen and oxygen atoms in total. The minimum Gasteiger partial charge on any atom is -0.207 e. The van der Waals surface area contributed by atoms with Crippen molar-refractivity contribution in [2.75, 3.05) is 5.33 Å². The van der Waals surface area contributed by atoms with Crippen LogP contribution in [0.1, 0.15) is 18.9 Å². The summed E-state index contributed by atoms with van der Waals surface area (Å²) in [5.41, 5.74) is 1.82. The lowest BCUT2D eigenvalue weighted by molar-refractivity contribution is 0.613. The van der Waals surface area contributed by atoms with Gasteiger partial charge in [-0.25, -0.2) is 4.39 Å². The van der Waals surface area contributed by atoms with Crippen LogP contribution in [0.2, 0.25) is 5.02 Å². The first-order valence-electron chi connectivity index (χ1n) is 4.79. The van der Waals surface area contributed by atoms with Crippen LogP contribution in [-0.2, 0) is 6.42 Å². The van der Waals surface area contributed by atoms with E-state index in [1.165, 1.54) is 6.07 Å². The Morgan fingerprint density at radius 3 is 2.93 bits per heavy atom. The molecule has 0 heterocycles. The van der Waals surface area contributed by atoms with Gasteiger partial charge in [0.15, 0.2) is 0 Å². The van der Waals surface area contributed by atoms with E-state index in [0.29, 0.717) is 17.0 Å². The minimum atomic E-state index is -0.189. The molecule has 0 aliphatic heterocycles. The minimum absolute atomic E-state index is 0.189. The Labute approximate surface area is 103 Å². The van der Waals surface area contributed by atoms with Crippen LogP contribution in [0.15, 0.2) is 29.8 Å². The van der Waals surface area contributed by atoms with Crippen molar-refractivity contribution in [1.82, 2.24) is 0 Å². The number of rotatable bonds is 4. The molecule has 0 radical (unpaired) electrons. The first-order chi connectivity index (χ1) is 7.13. The normalized spacial score (nSPS) is 11.9. The summed E-state index contributed by atoms with van der Waals surface area (Å²) in [5, 5.41) is 1.52. The number of allylic oxidation sites excluding steroid dienone is 2. The second-order valence-corrected chi connectivity index (χ2v) is 4.67. The van der Waals surface area contributed by atoms with Crippen LogP contribution >= 0.6 is 27.5 Å². The molecular formula is C12H13BrClF. The van der Waals surface area contributed by atoms with Gasteiger partial charge in [0, 0.05) is 10.4 Å². The van der Waals surface area contributed by atoms with Gasteiger partial charge in [0.25, 0.3) is 0 Å². The third kappa shape index (κ3) is 4.35. The summed E-state index contributed by atoms with van der Waals surface area (Å²) in [6.07, 6.45) is 3.70. The lowest BCUT2D eigenvalue weighted by Gasteiger charge is -2.04. The highest BCUT2D eigenvalue weighted by Gasteiger charge is 2.03. The van der Waals surface area contributed by atoms with Crippen molar-refractivity contribution < 1.29 is 4.39 Å². The largest absolute Gasteiger partial charge is 0.207 e. The van der Waals surface area contributed by atoms with E-state index in [9.17, 15) is 4.39 Å². The van der Waals surface area contributed by atoms with E-state index < -0.39 is 0 Å². The molecule has 0 amide bonds. The molecule has 0 aliphatic rings. The molecule has 82 valence electrons. The molecule has 0 spiro atoms.